The zero-order chi connectivity index (χ0) is 26.0. The number of fused-ring (bicyclic) bond motifs is 1. The van der Waals surface area contributed by atoms with E-state index in [0.29, 0.717) is 35.4 Å². The minimum atomic E-state index is -4.22. The number of aromatic nitrogens is 2. The van der Waals surface area contributed by atoms with E-state index in [2.05, 4.69) is 18.8 Å². The normalized spacial score (nSPS) is 15.3. The Hall–Kier alpha value is -2.72. The smallest absolute Gasteiger partial charge is 0.421 e. The molecule has 0 saturated heterocycles. The van der Waals surface area contributed by atoms with Crippen molar-refractivity contribution < 1.29 is 22.3 Å². The average Bonchev–Trinajstić information content (AvgIpc) is 3.49. The van der Waals surface area contributed by atoms with Gasteiger partial charge in [-0.3, -0.25) is 0 Å². The first-order valence-electron chi connectivity index (χ1n) is 12.3. The van der Waals surface area contributed by atoms with Gasteiger partial charge in [0.25, 0.3) is 10.0 Å². The van der Waals surface area contributed by atoms with Crippen molar-refractivity contribution in [1.82, 2.24) is 14.3 Å². The molecule has 3 aromatic rings. The molecule has 0 bridgehead atoms. The average molecular weight is 534 g/mol. The molecule has 10 heteroatoms. The van der Waals surface area contributed by atoms with Crippen molar-refractivity contribution in [3.8, 4) is 11.1 Å². The Labute approximate surface area is 215 Å². The van der Waals surface area contributed by atoms with Gasteiger partial charge in [-0.2, -0.15) is 0 Å². The van der Waals surface area contributed by atoms with Gasteiger partial charge in [-0.05, 0) is 49.3 Å². The van der Waals surface area contributed by atoms with Crippen LogP contribution in [0.1, 0.15) is 67.9 Å². The monoisotopic (exact) mass is 533 g/mol. The number of aryl methyl sites for hydroxylation is 1. The lowest BCUT2D eigenvalue weighted by molar-refractivity contribution is 0.151. The van der Waals surface area contributed by atoms with Crippen LogP contribution in [0.15, 0.2) is 34.8 Å². The summed E-state index contributed by atoms with van der Waals surface area (Å²) >= 11 is 1.12. The number of carbonyl (C=O) groups is 1. The standard InChI is InChI=1S/C26H32FN3O4S2/c1-5-6-13-34-26(31)29-36(32,33)25-24(17(4)22(35-25)14-16(2)3)18-7-8-19(20(27)15-18)21-9-10-23-28-11-12-30(21)23/h7-8,11-12,15-16,21H,5-6,9-10,13-14H2,1-4H3,(H,29,31)/t21-/m1/s1. The van der Waals surface area contributed by atoms with E-state index >= 15 is 4.39 Å². The lowest BCUT2D eigenvalue weighted by atomic mass is 9.97. The second-order valence-corrected chi connectivity index (χ2v) is 12.5. The predicted molar refractivity (Wildman–Crippen MR) is 138 cm³/mol. The van der Waals surface area contributed by atoms with Gasteiger partial charge in [0.1, 0.15) is 15.9 Å². The molecule has 3 heterocycles. The van der Waals surface area contributed by atoms with Crippen LogP contribution in [0.2, 0.25) is 0 Å². The molecule has 1 atom stereocenters. The molecule has 1 amide bonds. The number of unbranched alkanes of at least 4 members (excludes halogenated alkanes) is 1. The van der Waals surface area contributed by atoms with E-state index in [1.54, 1.807) is 18.3 Å². The Kier molecular flexibility index (Phi) is 7.85. The molecule has 1 N–H and O–H groups in total. The van der Waals surface area contributed by atoms with Crippen molar-refractivity contribution in [2.75, 3.05) is 6.61 Å². The van der Waals surface area contributed by atoms with Gasteiger partial charge in [-0.15, -0.1) is 11.3 Å². The summed E-state index contributed by atoms with van der Waals surface area (Å²) in [5, 5.41) is 0. The first-order valence-corrected chi connectivity index (χ1v) is 14.6. The molecule has 2 aromatic heterocycles. The maximum Gasteiger partial charge on any atom is 0.421 e. The van der Waals surface area contributed by atoms with Gasteiger partial charge in [0.15, 0.2) is 0 Å². The van der Waals surface area contributed by atoms with E-state index in [4.69, 9.17) is 4.74 Å². The Morgan fingerprint density at radius 2 is 2.14 bits per heavy atom. The summed E-state index contributed by atoms with van der Waals surface area (Å²) in [5.74, 6) is 0.828. The number of amides is 1. The molecule has 0 spiro atoms. The molecule has 0 radical (unpaired) electrons. The first-order chi connectivity index (χ1) is 17.1. The van der Waals surface area contributed by atoms with Crippen molar-refractivity contribution in [3.05, 3.63) is 58.2 Å². The van der Waals surface area contributed by atoms with Gasteiger partial charge in [0, 0.05) is 34.8 Å². The SMILES string of the molecule is CCCCOC(=O)NS(=O)(=O)c1sc(CC(C)C)c(C)c1-c1ccc([C@H]2CCc3nccn32)c(F)c1. The molecule has 4 rings (SSSR count). The number of nitrogens with zero attached hydrogens (tertiary/aromatic N) is 2. The summed E-state index contributed by atoms with van der Waals surface area (Å²) < 4.78 is 51.1. The van der Waals surface area contributed by atoms with Gasteiger partial charge < -0.3 is 9.30 Å². The van der Waals surface area contributed by atoms with Crippen molar-refractivity contribution in [3.63, 3.8) is 0 Å². The fraction of sp³-hybridized carbons (Fsp3) is 0.462. The molecule has 0 fully saturated rings. The number of carbonyl (C=O) groups excluding carboxylic acids is 1. The predicted octanol–water partition coefficient (Wildman–Crippen LogP) is 6.01. The number of benzene rings is 1. The van der Waals surface area contributed by atoms with Crippen LogP contribution in [0.25, 0.3) is 11.1 Å². The molecule has 36 heavy (non-hydrogen) atoms. The van der Waals surface area contributed by atoms with E-state index in [-0.39, 0.29) is 16.9 Å². The van der Waals surface area contributed by atoms with Crippen molar-refractivity contribution in [1.29, 1.82) is 0 Å². The quantitative estimate of drug-likeness (QED) is 0.340. The lowest BCUT2D eigenvalue weighted by Crippen LogP contribution is -2.31. The Bertz CT molecular complexity index is 1360. The summed E-state index contributed by atoms with van der Waals surface area (Å²) in [6.07, 6.45) is 6.24. The summed E-state index contributed by atoms with van der Waals surface area (Å²) in [4.78, 5) is 17.4. The number of imidazole rings is 1. The molecular weight excluding hydrogens is 501 g/mol. The Morgan fingerprint density at radius 1 is 1.36 bits per heavy atom. The van der Waals surface area contributed by atoms with Crippen LogP contribution >= 0.6 is 11.3 Å². The molecule has 1 aromatic carbocycles. The maximum atomic E-state index is 15.5. The van der Waals surface area contributed by atoms with Crippen molar-refractivity contribution >= 4 is 27.5 Å². The topological polar surface area (TPSA) is 90.3 Å². The highest BCUT2D eigenvalue weighted by atomic mass is 32.2. The van der Waals surface area contributed by atoms with Gasteiger partial charge in [0.2, 0.25) is 0 Å². The first kappa shape index (κ1) is 26.3. The van der Waals surface area contributed by atoms with E-state index in [0.717, 1.165) is 46.9 Å². The molecule has 0 aliphatic carbocycles. The third-order valence-electron chi connectivity index (χ3n) is 6.37. The van der Waals surface area contributed by atoms with Crippen LogP contribution in [0.3, 0.4) is 0 Å². The summed E-state index contributed by atoms with van der Waals surface area (Å²) in [6.45, 7) is 8.04. The molecule has 1 aliphatic heterocycles. The minimum Gasteiger partial charge on any atom is -0.449 e. The molecule has 0 saturated carbocycles. The van der Waals surface area contributed by atoms with E-state index in [1.165, 1.54) is 6.07 Å². The molecule has 194 valence electrons. The zero-order valence-corrected chi connectivity index (χ0v) is 22.6. The second kappa shape index (κ2) is 10.7. The third-order valence-corrected chi connectivity index (χ3v) is 9.52. The number of halogens is 1. The lowest BCUT2D eigenvalue weighted by Gasteiger charge is -2.16. The van der Waals surface area contributed by atoms with Gasteiger partial charge >= 0.3 is 6.09 Å². The fourth-order valence-corrected chi connectivity index (χ4v) is 7.65. The van der Waals surface area contributed by atoms with Crippen LogP contribution in [-0.4, -0.2) is 30.7 Å². The Morgan fingerprint density at radius 3 is 2.83 bits per heavy atom. The molecule has 0 unspecified atom stereocenters. The highest BCUT2D eigenvalue weighted by Crippen LogP contribution is 2.42. The highest BCUT2D eigenvalue weighted by molar-refractivity contribution is 7.92. The fourth-order valence-electron chi connectivity index (χ4n) is 4.60. The number of nitrogens with one attached hydrogen (secondary N) is 1. The largest absolute Gasteiger partial charge is 0.449 e. The third kappa shape index (κ3) is 5.34. The van der Waals surface area contributed by atoms with Crippen LogP contribution in [0, 0.1) is 18.7 Å². The van der Waals surface area contributed by atoms with Crippen molar-refractivity contribution in [2.45, 2.75) is 70.1 Å². The van der Waals surface area contributed by atoms with Gasteiger partial charge in [0.05, 0.1) is 12.6 Å². The molecular formula is C26H32FN3O4S2. The van der Waals surface area contributed by atoms with Crippen LogP contribution < -0.4 is 4.72 Å². The van der Waals surface area contributed by atoms with Gasteiger partial charge in [-0.25, -0.2) is 27.3 Å². The molecule has 1 aliphatic rings. The second-order valence-electron chi connectivity index (χ2n) is 9.55. The number of rotatable bonds is 9. The number of hydrogen-bond acceptors (Lipinski definition) is 6. The van der Waals surface area contributed by atoms with E-state index in [1.807, 2.05) is 29.3 Å². The maximum absolute atomic E-state index is 15.5. The minimum absolute atomic E-state index is 0.00648. The van der Waals surface area contributed by atoms with Crippen LogP contribution in [0.4, 0.5) is 9.18 Å². The number of ether oxygens (including phenoxy) is 1. The number of hydrogen-bond donors (Lipinski definition) is 1. The van der Waals surface area contributed by atoms with Crippen LogP contribution in [0.5, 0.6) is 0 Å². The molecule has 7 nitrogen and oxygen atoms in total. The van der Waals surface area contributed by atoms with Gasteiger partial charge in [-0.1, -0.05) is 39.3 Å². The van der Waals surface area contributed by atoms with E-state index in [9.17, 15) is 13.2 Å². The Balaban J connectivity index is 1.72. The van der Waals surface area contributed by atoms with Crippen molar-refractivity contribution in [2.24, 2.45) is 5.92 Å². The highest BCUT2D eigenvalue weighted by Gasteiger charge is 2.30. The van der Waals surface area contributed by atoms with Crippen LogP contribution in [-0.2, 0) is 27.6 Å². The summed E-state index contributed by atoms with van der Waals surface area (Å²) in [5.41, 5.74) is 2.21. The van der Waals surface area contributed by atoms with E-state index < -0.39 is 21.9 Å². The number of thiophene rings is 1. The summed E-state index contributed by atoms with van der Waals surface area (Å²) in [7, 11) is -4.22. The number of sulfonamides is 1. The summed E-state index contributed by atoms with van der Waals surface area (Å²) in [6, 6.07) is 4.75. The zero-order valence-electron chi connectivity index (χ0n) is 21.0.